The molecular formula is C24H20BrN3O2S. The molecule has 0 bridgehead atoms. The van der Waals surface area contributed by atoms with Crippen molar-refractivity contribution >= 4 is 39.3 Å². The van der Waals surface area contributed by atoms with Crippen molar-refractivity contribution in [2.24, 2.45) is 0 Å². The summed E-state index contributed by atoms with van der Waals surface area (Å²) >= 11 is 4.73. The van der Waals surface area contributed by atoms with Gasteiger partial charge >= 0.3 is 0 Å². The molecule has 0 N–H and O–H groups in total. The van der Waals surface area contributed by atoms with Gasteiger partial charge < -0.3 is 9.32 Å². The van der Waals surface area contributed by atoms with Crippen LogP contribution in [-0.2, 0) is 11.3 Å². The first-order chi connectivity index (χ1) is 15.1. The van der Waals surface area contributed by atoms with E-state index >= 15 is 0 Å². The zero-order chi connectivity index (χ0) is 21.6. The second kappa shape index (κ2) is 9.94. The zero-order valence-corrected chi connectivity index (χ0v) is 19.3. The summed E-state index contributed by atoms with van der Waals surface area (Å²) in [5, 5.41) is 8.57. The lowest BCUT2D eigenvalue weighted by atomic mass is 10.1. The summed E-state index contributed by atoms with van der Waals surface area (Å²) in [7, 11) is 0. The molecule has 0 aliphatic carbocycles. The molecule has 1 heterocycles. The third-order valence-electron chi connectivity index (χ3n) is 4.63. The van der Waals surface area contributed by atoms with Gasteiger partial charge in [0, 0.05) is 10.2 Å². The van der Waals surface area contributed by atoms with E-state index in [0.29, 0.717) is 17.7 Å². The molecule has 1 aromatic heterocycles. The lowest BCUT2D eigenvalue weighted by molar-refractivity contribution is -0.116. The van der Waals surface area contributed by atoms with Gasteiger partial charge in [0.1, 0.15) is 0 Å². The Morgan fingerprint density at radius 3 is 2.55 bits per heavy atom. The van der Waals surface area contributed by atoms with E-state index in [1.54, 1.807) is 4.90 Å². The molecule has 0 radical (unpaired) electrons. The Morgan fingerprint density at radius 1 is 1.00 bits per heavy atom. The Balaban J connectivity index is 1.49. The number of aromatic nitrogens is 2. The molecule has 0 saturated carbocycles. The minimum Gasteiger partial charge on any atom is -0.411 e. The number of amides is 1. The number of hydrogen-bond donors (Lipinski definition) is 0. The molecule has 0 atom stereocenters. The predicted molar refractivity (Wildman–Crippen MR) is 127 cm³/mol. The van der Waals surface area contributed by atoms with Crippen LogP contribution in [0, 0.1) is 6.92 Å². The largest absolute Gasteiger partial charge is 0.411 e. The maximum atomic E-state index is 13.2. The number of hydrogen-bond acceptors (Lipinski definition) is 5. The van der Waals surface area contributed by atoms with Gasteiger partial charge in [0.15, 0.2) is 0 Å². The molecule has 0 saturated heterocycles. The highest BCUT2D eigenvalue weighted by Gasteiger charge is 2.19. The fourth-order valence-electron chi connectivity index (χ4n) is 3.10. The van der Waals surface area contributed by atoms with Crippen molar-refractivity contribution in [2.75, 3.05) is 10.7 Å². The second-order valence-electron chi connectivity index (χ2n) is 6.95. The third-order valence-corrected chi connectivity index (χ3v) is 6.12. The molecule has 3 aromatic carbocycles. The van der Waals surface area contributed by atoms with E-state index < -0.39 is 0 Å². The van der Waals surface area contributed by atoms with E-state index in [9.17, 15) is 4.79 Å². The lowest BCUT2D eigenvalue weighted by Gasteiger charge is -2.23. The van der Waals surface area contributed by atoms with Gasteiger partial charge in [-0.15, -0.1) is 10.2 Å². The highest BCUT2D eigenvalue weighted by atomic mass is 79.9. The number of carbonyl (C=O) groups is 1. The summed E-state index contributed by atoms with van der Waals surface area (Å²) in [5.74, 6) is 0.584. The highest BCUT2D eigenvalue weighted by molar-refractivity contribution is 9.10. The summed E-state index contributed by atoms with van der Waals surface area (Å²) in [4.78, 5) is 15.0. The molecule has 5 nitrogen and oxygen atoms in total. The van der Waals surface area contributed by atoms with Gasteiger partial charge in [0.2, 0.25) is 11.8 Å². The first-order valence-corrected chi connectivity index (χ1v) is 11.5. The van der Waals surface area contributed by atoms with E-state index in [2.05, 4.69) is 26.1 Å². The summed E-state index contributed by atoms with van der Waals surface area (Å²) in [6.07, 6.45) is 0. The number of nitrogens with zero attached hydrogens (tertiary/aromatic N) is 3. The molecular weight excluding hydrogens is 474 g/mol. The van der Waals surface area contributed by atoms with Gasteiger partial charge in [0.25, 0.3) is 5.22 Å². The fourth-order valence-corrected chi connectivity index (χ4v) is 4.19. The lowest BCUT2D eigenvalue weighted by Crippen LogP contribution is -2.32. The molecule has 4 aromatic rings. The number of benzene rings is 3. The Hall–Kier alpha value is -2.90. The maximum Gasteiger partial charge on any atom is 0.277 e. The van der Waals surface area contributed by atoms with Gasteiger partial charge in [-0.05, 0) is 58.2 Å². The van der Waals surface area contributed by atoms with Crippen LogP contribution in [0.5, 0.6) is 0 Å². The van der Waals surface area contributed by atoms with Crippen LogP contribution in [0.2, 0.25) is 0 Å². The van der Waals surface area contributed by atoms with Crippen molar-refractivity contribution in [3.05, 3.63) is 94.5 Å². The third kappa shape index (κ3) is 5.42. The van der Waals surface area contributed by atoms with Crippen LogP contribution in [0.15, 0.2) is 93.0 Å². The molecule has 4 rings (SSSR count). The minimum atomic E-state index is -0.0277. The van der Waals surface area contributed by atoms with Gasteiger partial charge in [-0.25, -0.2) is 0 Å². The first-order valence-electron chi connectivity index (χ1n) is 9.72. The van der Waals surface area contributed by atoms with Crippen LogP contribution in [-0.4, -0.2) is 21.9 Å². The van der Waals surface area contributed by atoms with Crippen LogP contribution in [0.1, 0.15) is 11.1 Å². The number of carbonyl (C=O) groups excluding carboxylic acids is 1. The second-order valence-corrected chi connectivity index (χ2v) is 8.73. The molecule has 0 spiro atoms. The number of aryl methyl sites for hydroxylation is 1. The molecule has 0 fully saturated rings. The molecule has 0 aliphatic heterocycles. The molecule has 7 heteroatoms. The Labute approximate surface area is 193 Å². The number of halogens is 1. The summed E-state index contributed by atoms with van der Waals surface area (Å²) < 4.78 is 6.64. The molecule has 0 aliphatic rings. The minimum absolute atomic E-state index is 0.0277. The van der Waals surface area contributed by atoms with Crippen LogP contribution in [0.3, 0.4) is 0 Å². The highest BCUT2D eigenvalue weighted by Crippen LogP contribution is 2.29. The SMILES string of the molecule is Cc1cccc(N(Cc2ccccc2)C(=O)CSc2nnc(-c3ccccc3Br)o2)c1. The summed E-state index contributed by atoms with van der Waals surface area (Å²) in [6, 6.07) is 25.6. The molecule has 156 valence electrons. The standard InChI is InChI=1S/C24H20BrN3O2S/c1-17-8-7-11-19(14-17)28(15-18-9-3-2-4-10-18)22(29)16-31-24-27-26-23(30-24)20-12-5-6-13-21(20)25/h2-14H,15-16H2,1H3. The van der Waals surface area contributed by atoms with Gasteiger partial charge in [-0.2, -0.15) is 0 Å². The Morgan fingerprint density at radius 2 is 1.77 bits per heavy atom. The average Bonchev–Trinajstić information content (AvgIpc) is 3.26. The van der Waals surface area contributed by atoms with Gasteiger partial charge in [-0.3, -0.25) is 4.79 Å². The van der Waals surface area contributed by atoms with Crippen LogP contribution < -0.4 is 4.90 Å². The molecule has 0 unspecified atom stereocenters. The van der Waals surface area contributed by atoms with E-state index in [-0.39, 0.29) is 11.7 Å². The van der Waals surface area contributed by atoms with Crippen molar-refractivity contribution in [3.63, 3.8) is 0 Å². The normalized spacial score (nSPS) is 10.8. The Bertz CT molecular complexity index is 1180. The number of thioether (sulfide) groups is 1. The van der Waals surface area contributed by atoms with Gasteiger partial charge in [0.05, 0.1) is 17.9 Å². The fraction of sp³-hybridized carbons (Fsp3) is 0.125. The average molecular weight is 494 g/mol. The van der Waals surface area contributed by atoms with Crippen molar-refractivity contribution in [2.45, 2.75) is 18.7 Å². The monoisotopic (exact) mass is 493 g/mol. The number of rotatable bonds is 7. The van der Waals surface area contributed by atoms with Crippen LogP contribution in [0.4, 0.5) is 5.69 Å². The van der Waals surface area contributed by atoms with E-state index in [1.807, 2.05) is 85.8 Å². The predicted octanol–water partition coefficient (Wildman–Crippen LogP) is 6.13. The number of anilines is 1. The first kappa shape index (κ1) is 21.3. The van der Waals surface area contributed by atoms with E-state index in [4.69, 9.17) is 4.42 Å². The van der Waals surface area contributed by atoms with Crippen molar-refractivity contribution < 1.29 is 9.21 Å². The van der Waals surface area contributed by atoms with Crippen LogP contribution in [0.25, 0.3) is 11.5 Å². The van der Waals surface area contributed by atoms with Crippen LogP contribution >= 0.6 is 27.7 Å². The topological polar surface area (TPSA) is 59.2 Å². The van der Waals surface area contributed by atoms with Crippen molar-refractivity contribution in [1.82, 2.24) is 10.2 Å². The van der Waals surface area contributed by atoms with E-state index in [0.717, 1.165) is 26.9 Å². The van der Waals surface area contributed by atoms with Crippen molar-refractivity contribution in [3.8, 4) is 11.5 Å². The quantitative estimate of drug-likeness (QED) is 0.289. The summed E-state index contributed by atoms with van der Waals surface area (Å²) in [5.41, 5.74) is 3.86. The van der Waals surface area contributed by atoms with Gasteiger partial charge in [-0.1, -0.05) is 66.4 Å². The van der Waals surface area contributed by atoms with Crippen molar-refractivity contribution in [1.29, 1.82) is 0 Å². The summed E-state index contributed by atoms with van der Waals surface area (Å²) in [6.45, 7) is 2.51. The zero-order valence-electron chi connectivity index (χ0n) is 16.9. The smallest absolute Gasteiger partial charge is 0.277 e. The maximum absolute atomic E-state index is 13.2. The molecule has 31 heavy (non-hydrogen) atoms. The Kier molecular flexibility index (Phi) is 6.84. The van der Waals surface area contributed by atoms with E-state index in [1.165, 1.54) is 11.8 Å². The molecule has 1 amide bonds.